The highest BCUT2D eigenvalue weighted by Gasteiger charge is 2.57. The van der Waals surface area contributed by atoms with Crippen molar-refractivity contribution in [2.24, 2.45) is 11.8 Å². The molecule has 0 bridgehead atoms. The van der Waals surface area contributed by atoms with E-state index >= 15 is 0 Å². The number of para-hydroxylation sites is 1. The average molecular weight is 427 g/mol. The van der Waals surface area contributed by atoms with Gasteiger partial charge in [0.05, 0.1) is 17.5 Å². The summed E-state index contributed by atoms with van der Waals surface area (Å²) in [4.78, 5) is 32.2. The molecule has 1 saturated carbocycles. The number of amides is 2. The van der Waals surface area contributed by atoms with E-state index in [2.05, 4.69) is 11.1 Å². The van der Waals surface area contributed by atoms with Crippen molar-refractivity contribution in [1.29, 1.82) is 0 Å². The summed E-state index contributed by atoms with van der Waals surface area (Å²) >= 11 is 0. The van der Waals surface area contributed by atoms with E-state index in [1.807, 2.05) is 61.5 Å². The van der Waals surface area contributed by atoms with Crippen molar-refractivity contribution in [3.63, 3.8) is 0 Å². The topological polar surface area (TPSA) is 62.4 Å². The van der Waals surface area contributed by atoms with Gasteiger partial charge in [0, 0.05) is 17.3 Å². The first kappa shape index (κ1) is 19.4. The van der Waals surface area contributed by atoms with Gasteiger partial charge < -0.3 is 9.72 Å². The monoisotopic (exact) mass is 426 g/mol. The normalized spacial score (nSPS) is 26.5. The van der Waals surface area contributed by atoms with Crippen LogP contribution in [0.2, 0.25) is 0 Å². The molecule has 0 spiro atoms. The first-order valence-electron chi connectivity index (χ1n) is 11.5. The molecule has 2 aromatic carbocycles. The fourth-order valence-corrected chi connectivity index (χ4v) is 6.14. The molecule has 3 aliphatic rings. The van der Waals surface area contributed by atoms with Crippen LogP contribution in [0.25, 0.3) is 0 Å². The van der Waals surface area contributed by atoms with Gasteiger partial charge in [0.15, 0.2) is 0 Å². The van der Waals surface area contributed by atoms with Crippen molar-refractivity contribution in [1.82, 2.24) is 4.98 Å². The summed E-state index contributed by atoms with van der Waals surface area (Å²) in [6.45, 7) is 2.04. The highest BCUT2D eigenvalue weighted by atomic mass is 16.5. The third-order valence-corrected chi connectivity index (χ3v) is 7.43. The minimum atomic E-state index is -0.373. The molecule has 5 heteroatoms. The Morgan fingerprint density at radius 1 is 0.906 bits per heavy atom. The van der Waals surface area contributed by atoms with Crippen LogP contribution in [0.15, 0.2) is 60.7 Å². The third kappa shape index (κ3) is 2.91. The van der Waals surface area contributed by atoms with E-state index in [0.717, 1.165) is 36.3 Å². The van der Waals surface area contributed by atoms with Gasteiger partial charge in [-0.15, -0.1) is 0 Å². The Balaban J connectivity index is 1.34. The molecule has 2 heterocycles. The second kappa shape index (κ2) is 7.37. The minimum Gasteiger partial charge on any atom is -0.457 e. The van der Waals surface area contributed by atoms with E-state index in [-0.39, 0.29) is 29.6 Å². The minimum absolute atomic E-state index is 0.0434. The maximum atomic E-state index is 13.7. The molecule has 1 N–H and O–H groups in total. The Kier molecular flexibility index (Phi) is 4.46. The molecule has 0 radical (unpaired) electrons. The number of hydrogen-bond acceptors (Lipinski definition) is 3. The number of nitrogens with one attached hydrogen (secondary N) is 1. The number of aryl methyl sites for hydroxylation is 1. The number of carbonyl (C=O) groups is 2. The molecule has 6 rings (SSSR count). The van der Waals surface area contributed by atoms with Crippen molar-refractivity contribution in [2.75, 3.05) is 4.90 Å². The van der Waals surface area contributed by atoms with Gasteiger partial charge in [-0.05, 0) is 73.7 Å². The number of hydrogen-bond donors (Lipinski definition) is 1. The zero-order chi connectivity index (χ0) is 21.8. The van der Waals surface area contributed by atoms with Gasteiger partial charge in [0.1, 0.15) is 11.5 Å². The molecule has 162 valence electrons. The lowest BCUT2D eigenvalue weighted by atomic mass is 9.62. The summed E-state index contributed by atoms with van der Waals surface area (Å²) in [7, 11) is 0. The SMILES string of the molecule is Cc1cc2c([nH]1)[C@@H]1CCCC[C@@H]1[C@@H]1C(=O)N(c3ccc(Oc4ccccc4)cc3)C(=O)[C@H]21. The third-order valence-electron chi connectivity index (χ3n) is 7.43. The summed E-state index contributed by atoms with van der Waals surface area (Å²) in [5, 5.41) is 0. The van der Waals surface area contributed by atoms with Crippen LogP contribution in [-0.2, 0) is 9.59 Å². The quantitative estimate of drug-likeness (QED) is 0.549. The maximum absolute atomic E-state index is 13.7. The molecule has 2 aliphatic carbocycles. The van der Waals surface area contributed by atoms with E-state index in [1.54, 1.807) is 0 Å². The zero-order valence-electron chi connectivity index (χ0n) is 18.1. The number of ether oxygens (including phenoxy) is 1. The molecule has 0 unspecified atom stereocenters. The van der Waals surface area contributed by atoms with Crippen LogP contribution < -0.4 is 9.64 Å². The predicted octanol–water partition coefficient (Wildman–Crippen LogP) is 5.68. The first-order chi connectivity index (χ1) is 15.6. The van der Waals surface area contributed by atoms with Crippen LogP contribution in [-0.4, -0.2) is 16.8 Å². The van der Waals surface area contributed by atoms with Crippen molar-refractivity contribution >= 4 is 17.5 Å². The van der Waals surface area contributed by atoms with Gasteiger partial charge >= 0.3 is 0 Å². The van der Waals surface area contributed by atoms with E-state index in [0.29, 0.717) is 17.4 Å². The lowest BCUT2D eigenvalue weighted by molar-refractivity contribution is -0.123. The van der Waals surface area contributed by atoms with Crippen LogP contribution in [0.3, 0.4) is 0 Å². The van der Waals surface area contributed by atoms with Crippen LogP contribution in [0.4, 0.5) is 5.69 Å². The molecule has 32 heavy (non-hydrogen) atoms. The summed E-state index contributed by atoms with van der Waals surface area (Å²) in [6.07, 6.45) is 4.42. The molecule has 1 aromatic heterocycles. The number of nitrogens with zero attached hydrogens (tertiary/aromatic N) is 1. The number of imide groups is 1. The first-order valence-corrected chi connectivity index (χ1v) is 11.5. The molecule has 2 amide bonds. The number of anilines is 1. The molecular weight excluding hydrogens is 400 g/mol. The number of aromatic amines is 1. The lowest BCUT2D eigenvalue weighted by Crippen LogP contribution is -2.37. The van der Waals surface area contributed by atoms with E-state index in [4.69, 9.17) is 4.74 Å². The van der Waals surface area contributed by atoms with Gasteiger partial charge in [-0.2, -0.15) is 0 Å². The van der Waals surface area contributed by atoms with E-state index in [9.17, 15) is 9.59 Å². The number of fused-ring (bicyclic) bond motifs is 6. The van der Waals surface area contributed by atoms with E-state index in [1.165, 1.54) is 17.0 Å². The van der Waals surface area contributed by atoms with Crippen LogP contribution in [0.1, 0.15) is 54.5 Å². The number of rotatable bonds is 3. The van der Waals surface area contributed by atoms with E-state index < -0.39 is 0 Å². The Bertz CT molecular complexity index is 1180. The second-order valence-electron chi connectivity index (χ2n) is 9.30. The van der Waals surface area contributed by atoms with Gasteiger partial charge in [0.2, 0.25) is 11.8 Å². The smallest absolute Gasteiger partial charge is 0.242 e. The highest BCUT2D eigenvalue weighted by molar-refractivity contribution is 6.24. The number of carbonyl (C=O) groups excluding carboxylic acids is 2. The summed E-state index contributed by atoms with van der Waals surface area (Å²) in [5.74, 6) is 1.25. The van der Waals surface area contributed by atoms with Crippen LogP contribution >= 0.6 is 0 Å². The van der Waals surface area contributed by atoms with Crippen LogP contribution in [0, 0.1) is 18.8 Å². The van der Waals surface area contributed by atoms with Gasteiger partial charge in [-0.25, -0.2) is 4.90 Å². The van der Waals surface area contributed by atoms with Crippen LogP contribution in [0.5, 0.6) is 11.5 Å². The Morgan fingerprint density at radius 2 is 1.62 bits per heavy atom. The van der Waals surface area contributed by atoms with Crippen molar-refractivity contribution in [3.8, 4) is 11.5 Å². The molecule has 5 nitrogen and oxygen atoms in total. The maximum Gasteiger partial charge on any atom is 0.242 e. The standard InChI is InChI=1S/C27H26N2O3/c1-16-15-22-24-23(20-9-5-6-10-21(20)25(22)28-16)26(30)29(27(24)31)17-11-13-19(14-12-17)32-18-7-3-2-4-8-18/h2-4,7-8,11-15,20-21,23-24,28H,5-6,9-10H2,1H3/t20-,21+,23-,24+/m0/s1. The molecule has 2 fully saturated rings. The summed E-state index contributed by atoms with van der Waals surface area (Å²) in [6, 6.07) is 18.9. The Hall–Kier alpha value is -3.34. The average Bonchev–Trinajstić information content (AvgIpc) is 3.32. The Labute approximate surface area is 187 Å². The summed E-state index contributed by atoms with van der Waals surface area (Å²) in [5.41, 5.74) is 3.93. The lowest BCUT2D eigenvalue weighted by Gasteiger charge is -2.40. The van der Waals surface area contributed by atoms with Gasteiger partial charge in [0.25, 0.3) is 0 Å². The fraction of sp³-hybridized carbons (Fsp3) is 0.333. The molecular formula is C27H26N2O3. The Morgan fingerprint density at radius 3 is 2.41 bits per heavy atom. The highest BCUT2D eigenvalue weighted by Crippen LogP contribution is 2.56. The second-order valence-corrected chi connectivity index (χ2v) is 9.30. The fourth-order valence-electron chi connectivity index (χ4n) is 6.14. The largest absolute Gasteiger partial charge is 0.457 e. The molecule has 1 saturated heterocycles. The number of H-pyrrole nitrogens is 1. The van der Waals surface area contributed by atoms with Crippen molar-refractivity contribution in [2.45, 2.75) is 44.4 Å². The molecule has 3 aromatic rings. The van der Waals surface area contributed by atoms with Crippen molar-refractivity contribution in [3.05, 3.63) is 77.6 Å². The van der Waals surface area contributed by atoms with Crippen molar-refractivity contribution < 1.29 is 14.3 Å². The predicted molar refractivity (Wildman–Crippen MR) is 122 cm³/mol. The zero-order valence-corrected chi connectivity index (χ0v) is 18.1. The number of aromatic nitrogens is 1. The molecule has 1 aliphatic heterocycles. The van der Waals surface area contributed by atoms with Gasteiger partial charge in [-0.1, -0.05) is 31.0 Å². The summed E-state index contributed by atoms with van der Waals surface area (Å²) < 4.78 is 5.87. The number of benzene rings is 2. The van der Waals surface area contributed by atoms with Gasteiger partial charge in [-0.3, -0.25) is 9.59 Å². The molecule has 4 atom stereocenters.